The van der Waals surface area contributed by atoms with Crippen LogP contribution >= 0.6 is 0 Å². The summed E-state index contributed by atoms with van der Waals surface area (Å²) in [6, 6.07) is 0. The summed E-state index contributed by atoms with van der Waals surface area (Å²) in [4.78, 5) is 24.0. The van der Waals surface area contributed by atoms with Gasteiger partial charge in [-0.2, -0.15) is 4.99 Å². The molecule has 0 spiro atoms. The molecule has 90 valence electrons. The predicted octanol–water partition coefficient (Wildman–Crippen LogP) is 1.12. The highest BCUT2D eigenvalue weighted by atomic mass is 16.8. The molecule has 0 saturated carbocycles. The van der Waals surface area contributed by atoms with E-state index in [-0.39, 0.29) is 0 Å². The number of isocyanates is 1. The predicted molar refractivity (Wildman–Crippen MR) is 55.0 cm³/mol. The number of aliphatic imine (C=N–C) groups is 1. The molecule has 0 N–H and O–H groups in total. The van der Waals surface area contributed by atoms with Gasteiger partial charge in [-0.1, -0.05) is 6.58 Å². The Morgan fingerprint density at radius 1 is 1.31 bits per heavy atom. The minimum absolute atomic E-state index is 0.585. The van der Waals surface area contributed by atoms with Crippen molar-refractivity contribution >= 4 is 12.0 Å². The van der Waals surface area contributed by atoms with E-state index in [2.05, 4.69) is 11.6 Å². The second-order valence-electron chi connectivity index (χ2n) is 2.87. The number of rotatable bonds is 7. The number of carbonyl (C=O) groups excluding carboxylic acids is 2. The number of ether oxygens (including phenoxy) is 3. The zero-order valence-corrected chi connectivity index (χ0v) is 9.50. The van der Waals surface area contributed by atoms with Gasteiger partial charge in [0.1, 0.15) is 0 Å². The third-order valence-electron chi connectivity index (χ3n) is 1.46. The summed E-state index contributed by atoms with van der Waals surface area (Å²) in [7, 11) is 0. The molecule has 0 rings (SSSR count). The first kappa shape index (κ1) is 14.5. The zero-order chi connectivity index (χ0) is 12.6. The summed E-state index contributed by atoms with van der Waals surface area (Å²) >= 11 is 0. The Morgan fingerprint density at radius 2 is 1.94 bits per heavy atom. The van der Waals surface area contributed by atoms with Crippen molar-refractivity contribution in [3.63, 3.8) is 0 Å². The van der Waals surface area contributed by atoms with E-state index in [1.165, 1.54) is 13.0 Å². The van der Waals surface area contributed by atoms with Crippen LogP contribution < -0.4 is 0 Å². The standard InChI is InChI=1S/C10H15NO5/c1-5-10(13)16-9(4)15-8(3)14-7(2)11-6-12/h5,7-9H,1H2,2-4H3. The van der Waals surface area contributed by atoms with Gasteiger partial charge in [0.05, 0.1) is 0 Å². The Labute approximate surface area is 93.9 Å². The quantitative estimate of drug-likeness (QED) is 0.215. The van der Waals surface area contributed by atoms with Crippen LogP contribution in [0.1, 0.15) is 20.8 Å². The third-order valence-corrected chi connectivity index (χ3v) is 1.46. The van der Waals surface area contributed by atoms with Crippen LogP contribution in [0, 0.1) is 0 Å². The lowest BCUT2D eigenvalue weighted by atomic mass is 10.6. The molecule has 0 saturated heterocycles. The van der Waals surface area contributed by atoms with E-state index >= 15 is 0 Å². The highest BCUT2D eigenvalue weighted by molar-refractivity contribution is 5.81. The highest BCUT2D eigenvalue weighted by Crippen LogP contribution is 2.05. The summed E-state index contributed by atoms with van der Waals surface area (Å²) < 4.78 is 15.0. The molecule has 0 aliphatic heterocycles. The summed E-state index contributed by atoms with van der Waals surface area (Å²) in [6.07, 6.45) is 0.301. The smallest absolute Gasteiger partial charge is 0.332 e. The molecule has 3 atom stereocenters. The van der Waals surface area contributed by atoms with E-state index in [1.807, 2.05) is 0 Å². The first-order chi connectivity index (χ1) is 7.49. The lowest BCUT2D eigenvalue weighted by molar-refractivity contribution is -0.235. The van der Waals surface area contributed by atoms with E-state index in [1.54, 1.807) is 13.8 Å². The molecule has 6 heteroatoms. The number of hydrogen-bond donors (Lipinski definition) is 0. The van der Waals surface area contributed by atoms with Gasteiger partial charge in [0.25, 0.3) is 0 Å². The van der Waals surface area contributed by atoms with E-state index in [0.29, 0.717) is 0 Å². The van der Waals surface area contributed by atoms with Crippen LogP contribution in [0.25, 0.3) is 0 Å². The van der Waals surface area contributed by atoms with E-state index in [4.69, 9.17) is 14.2 Å². The van der Waals surface area contributed by atoms with Gasteiger partial charge in [-0.15, -0.1) is 0 Å². The Bertz CT molecular complexity index is 285. The largest absolute Gasteiger partial charge is 0.433 e. The maximum atomic E-state index is 10.8. The van der Waals surface area contributed by atoms with E-state index in [0.717, 1.165) is 6.08 Å². The molecule has 0 heterocycles. The second-order valence-corrected chi connectivity index (χ2v) is 2.87. The molecule has 0 bridgehead atoms. The van der Waals surface area contributed by atoms with E-state index in [9.17, 15) is 9.59 Å². The van der Waals surface area contributed by atoms with Gasteiger partial charge in [0, 0.05) is 6.08 Å². The Hall–Kier alpha value is -1.49. The van der Waals surface area contributed by atoms with E-state index < -0.39 is 24.8 Å². The zero-order valence-electron chi connectivity index (χ0n) is 9.50. The van der Waals surface area contributed by atoms with Crippen LogP contribution in [0.5, 0.6) is 0 Å². The molecule has 3 unspecified atom stereocenters. The average molecular weight is 229 g/mol. The molecule has 0 fully saturated rings. The number of hydrogen-bond acceptors (Lipinski definition) is 6. The normalized spacial score (nSPS) is 15.4. The summed E-state index contributed by atoms with van der Waals surface area (Å²) in [6.45, 7) is 7.94. The SMILES string of the molecule is C=CC(=O)OC(C)OC(C)OC(C)N=C=O. The van der Waals surface area contributed by atoms with Crippen molar-refractivity contribution in [2.24, 2.45) is 4.99 Å². The van der Waals surface area contributed by atoms with Gasteiger partial charge in [-0.25, -0.2) is 9.59 Å². The summed E-state index contributed by atoms with van der Waals surface area (Å²) in [5, 5.41) is 0. The maximum absolute atomic E-state index is 10.8. The monoisotopic (exact) mass is 229 g/mol. The van der Waals surface area contributed by atoms with Gasteiger partial charge in [0.2, 0.25) is 12.4 Å². The molecule has 0 radical (unpaired) electrons. The molecule has 0 aliphatic rings. The van der Waals surface area contributed by atoms with Crippen molar-refractivity contribution in [3.05, 3.63) is 12.7 Å². The highest BCUT2D eigenvalue weighted by Gasteiger charge is 2.13. The Morgan fingerprint density at radius 3 is 2.44 bits per heavy atom. The van der Waals surface area contributed by atoms with Gasteiger partial charge < -0.3 is 14.2 Å². The molecule has 0 aliphatic carbocycles. The van der Waals surface area contributed by atoms with Crippen LogP contribution in [0.15, 0.2) is 17.6 Å². The lowest BCUT2D eigenvalue weighted by Gasteiger charge is -2.20. The average Bonchev–Trinajstić information content (AvgIpc) is 2.16. The van der Waals surface area contributed by atoms with Crippen molar-refractivity contribution in [2.75, 3.05) is 0 Å². The fraction of sp³-hybridized carbons (Fsp3) is 0.600. The van der Waals surface area contributed by atoms with Crippen LogP contribution in [0.3, 0.4) is 0 Å². The Kier molecular flexibility index (Phi) is 7.03. The number of carbonyl (C=O) groups is 1. The molecule has 6 nitrogen and oxygen atoms in total. The van der Waals surface area contributed by atoms with Crippen molar-refractivity contribution in [3.8, 4) is 0 Å². The molecular formula is C10H15NO5. The first-order valence-electron chi connectivity index (χ1n) is 4.70. The van der Waals surface area contributed by atoms with Gasteiger partial charge in [-0.05, 0) is 20.8 Å². The topological polar surface area (TPSA) is 74.2 Å². The van der Waals surface area contributed by atoms with Crippen molar-refractivity contribution < 1.29 is 23.8 Å². The van der Waals surface area contributed by atoms with Crippen molar-refractivity contribution in [1.82, 2.24) is 0 Å². The maximum Gasteiger partial charge on any atom is 0.332 e. The number of nitrogens with zero attached hydrogens (tertiary/aromatic N) is 1. The molecule has 0 aromatic rings. The molecule has 16 heavy (non-hydrogen) atoms. The van der Waals surface area contributed by atoms with Crippen LogP contribution in [0.4, 0.5) is 0 Å². The van der Waals surface area contributed by atoms with Crippen LogP contribution in [-0.4, -0.2) is 30.9 Å². The lowest BCUT2D eigenvalue weighted by Crippen LogP contribution is -2.26. The first-order valence-corrected chi connectivity index (χ1v) is 4.70. The minimum Gasteiger partial charge on any atom is -0.433 e. The van der Waals surface area contributed by atoms with Gasteiger partial charge in [-0.3, -0.25) is 0 Å². The second kappa shape index (κ2) is 7.76. The fourth-order valence-corrected chi connectivity index (χ4v) is 0.923. The third kappa shape index (κ3) is 6.89. The molecule has 0 amide bonds. The summed E-state index contributed by atoms with van der Waals surface area (Å²) in [5.74, 6) is -0.585. The van der Waals surface area contributed by atoms with Gasteiger partial charge >= 0.3 is 5.97 Å². The minimum atomic E-state index is -0.770. The van der Waals surface area contributed by atoms with Crippen molar-refractivity contribution in [1.29, 1.82) is 0 Å². The Balaban J connectivity index is 3.94. The van der Waals surface area contributed by atoms with Gasteiger partial charge in [0.15, 0.2) is 12.5 Å². The van der Waals surface area contributed by atoms with Crippen molar-refractivity contribution in [2.45, 2.75) is 39.6 Å². The molecular weight excluding hydrogens is 214 g/mol. The molecule has 0 aromatic heterocycles. The summed E-state index contributed by atoms with van der Waals surface area (Å²) in [5.41, 5.74) is 0. The van der Waals surface area contributed by atoms with Crippen LogP contribution in [0.2, 0.25) is 0 Å². The number of esters is 1. The molecule has 0 aromatic carbocycles. The van der Waals surface area contributed by atoms with Crippen LogP contribution in [-0.2, 0) is 23.8 Å². The fourth-order valence-electron chi connectivity index (χ4n) is 0.923.